The number of hydrogen-bond donors (Lipinski definition) is 2. The third-order valence-electron chi connectivity index (χ3n) is 5.20. The Balaban J connectivity index is 1.73. The summed E-state index contributed by atoms with van der Waals surface area (Å²) in [6, 6.07) is -1.37. The molecule has 158 valence electrons. The predicted octanol–water partition coefficient (Wildman–Crippen LogP) is 0.570. The molecule has 0 radical (unpaired) electrons. The average Bonchev–Trinajstić information content (AvgIpc) is 3.32. The summed E-state index contributed by atoms with van der Waals surface area (Å²) < 4.78 is 0. The summed E-state index contributed by atoms with van der Waals surface area (Å²) in [7, 11) is 0. The van der Waals surface area contributed by atoms with E-state index >= 15 is 0 Å². The molecule has 0 saturated carbocycles. The van der Waals surface area contributed by atoms with E-state index in [-0.39, 0.29) is 49.9 Å². The summed E-state index contributed by atoms with van der Waals surface area (Å²) in [6.45, 7) is 4.75. The molecule has 2 saturated heterocycles. The minimum atomic E-state index is -0.929. The molecule has 0 unspecified atom stereocenters. The first-order valence-corrected chi connectivity index (χ1v) is 16.3. The van der Waals surface area contributed by atoms with Crippen molar-refractivity contribution in [3.05, 3.63) is 0 Å². The number of nitrogens with zero attached hydrogens (tertiary/aromatic N) is 2. The molecule has 2 heterocycles. The molecule has 2 aliphatic heterocycles. The summed E-state index contributed by atoms with van der Waals surface area (Å²) in [5.74, 6) is -2.39. The first-order chi connectivity index (χ1) is 13.2. The summed E-state index contributed by atoms with van der Waals surface area (Å²) in [5.41, 5.74) is 0. The van der Waals surface area contributed by atoms with Crippen LogP contribution < -0.4 is 0 Å². The average molecular weight is 526 g/mol. The van der Waals surface area contributed by atoms with Gasteiger partial charge in [-0.3, -0.25) is 0 Å². The van der Waals surface area contributed by atoms with E-state index in [2.05, 4.69) is 0 Å². The second-order valence-corrected chi connectivity index (χ2v) is 15.0. The van der Waals surface area contributed by atoms with Crippen LogP contribution in [0.2, 0.25) is 10.6 Å². The van der Waals surface area contributed by atoms with Crippen LogP contribution >= 0.6 is 0 Å². The maximum absolute atomic E-state index is 12.5. The van der Waals surface area contributed by atoms with Crippen molar-refractivity contribution < 1.29 is 29.4 Å². The Morgan fingerprint density at radius 3 is 1.50 bits per heavy atom. The standard InChI is InChI=1S/C18H28N2O6Se2/c1-11(15(21)19-7-3-5-13(19)17(23)24)9-27-28-10-12(2)16(22)20-8-4-6-14(20)18(25)26/h11-14H,3-10H2,1-2H3,(H,23,24)(H,25,26)/t11-,12-,13-,14-/m0/s1. The number of aliphatic carboxylic acids is 2. The quantitative estimate of drug-likeness (QED) is 0.336. The van der Waals surface area contributed by atoms with Crippen molar-refractivity contribution in [2.75, 3.05) is 13.1 Å². The predicted molar refractivity (Wildman–Crippen MR) is 104 cm³/mol. The van der Waals surface area contributed by atoms with Crippen LogP contribution in [-0.2, 0) is 19.2 Å². The van der Waals surface area contributed by atoms with Gasteiger partial charge < -0.3 is 0 Å². The van der Waals surface area contributed by atoms with Gasteiger partial charge in [0.05, 0.1) is 0 Å². The van der Waals surface area contributed by atoms with E-state index < -0.39 is 24.0 Å². The van der Waals surface area contributed by atoms with Gasteiger partial charge in [-0.2, -0.15) is 0 Å². The van der Waals surface area contributed by atoms with Gasteiger partial charge in [-0.1, -0.05) is 0 Å². The zero-order chi connectivity index (χ0) is 20.8. The molecule has 0 aliphatic carbocycles. The number of carbonyl (C=O) groups excluding carboxylic acids is 2. The van der Waals surface area contributed by atoms with E-state index in [4.69, 9.17) is 0 Å². The van der Waals surface area contributed by atoms with Crippen molar-refractivity contribution in [2.45, 2.75) is 62.3 Å². The molecule has 0 aromatic heterocycles. The molecule has 2 fully saturated rings. The first-order valence-electron chi connectivity index (χ1n) is 9.55. The Labute approximate surface area is 176 Å². The molecule has 2 amide bonds. The van der Waals surface area contributed by atoms with Crippen LogP contribution in [0.3, 0.4) is 0 Å². The molecule has 2 aliphatic rings. The Kier molecular flexibility index (Phi) is 8.80. The van der Waals surface area contributed by atoms with Gasteiger partial charge in [0.2, 0.25) is 0 Å². The number of carboxylic acid groups (broad SMARTS) is 2. The topological polar surface area (TPSA) is 115 Å². The van der Waals surface area contributed by atoms with Gasteiger partial charge in [-0.15, -0.1) is 0 Å². The van der Waals surface area contributed by atoms with Crippen LogP contribution in [0.1, 0.15) is 39.5 Å². The van der Waals surface area contributed by atoms with E-state index in [0.29, 0.717) is 25.9 Å². The molecule has 8 nitrogen and oxygen atoms in total. The number of rotatable bonds is 9. The SMILES string of the molecule is C[C@@H](C[Se][Se]C[C@H](C)C(=O)N1CCC[C@H]1C(=O)O)C(=O)N1CCC[C@H]1C(=O)O. The fraction of sp³-hybridized carbons (Fsp3) is 0.778. The van der Waals surface area contributed by atoms with Crippen LogP contribution in [0.15, 0.2) is 0 Å². The van der Waals surface area contributed by atoms with Crippen molar-refractivity contribution >= 4 is 50.0 Å². The van der Waals surface area contributed by atoms with Crippen LogP contribution in [-0.4, -0.2) is 95.2 Å². The van der Waals surface area contributed by atoms with Gasteiger partial charge in [0, 0.05) is 0 Å². The van der Waals surface area contributed by atoms with Crippen molar-refractivity contribution in [3.63, 3.8) is 0 Å². The number of likely N-dealkylation sites (tertiary alicyclic amines) is 2. The molecule has 0 aromatic carbocycles. The monoisotopic (exact) mass is 528 g/mol. The zero-order valence-electron chi connectivity index (χ0n) is 16.2. The Bertz CT molecular complexity index is 565. The van der Waals surface area contributed by atoms with E-state index in [1.165, 1.54) is 9.80 Å². The Morgan fingerprint density at radius 1 is 0.821 bits per heavy atom. The molecule has 2 rings (SSSR count). The number of hydrogen-bond acceptors (Lipinski definition) is 4. The van der Waals surface area contributed by atoms with Gasteiger partial charge in [0.1, 0.15) is 0 Å². The Morgan fingerprint density at radius 2 is 1.18 bits per heavy atom. The molecule has 10 heteroatoms. The van der Waals surface area contributed by atoms with Crippen LogP contribution in [0.4, 0.5) is 0 Å². The molecule has 2 N–H and O–H groups in total. The molecule has 0 spiro atoms. The van der Waals surface area contributed by atoms with Crippen molar-refractivity contribution in [1.29, 1.82) is 0 Å². The summed E-state index contributed by atoms with van der Waals surface area (Å²) >= 11 is 0.485. The summed E-state index contributed by atoms with van der Waals surface area (Å²) in [4.78, 5) is 50.6. The third-order valence-corrected chi connectivity index (χ3v) is 13.0. The fourth-order valence-corrected chi connectivity index (χ4v) is 12.0. The van der Waals surface area contributed by atoms with E-state index in [1.54, 1.807) is 0 Å². The second-order valence-electron chi connectivity index (χ2n) is 7.43. The molecule has 0 aromatic rings. The molecular formula is C18H28N2O6Se2. The van der Waals surface area contributed by atoms with E-state index in [1.807, 2.05) is 13.8 Å². The van der Waals surface area contributed by atoms with E-state index in [0.717, 1.165) is 23.5 Å². The van der Waals surface area contributed by atoms with Gasteiger partial charge in [-0.25, -0.2) is 0 Å². The first kappa shape index (κ1) is 23.2. The zero-order valence-corrected chi connectivity index (χ0v) is 19.6. The fourth-order valence-electron chi connectivity index (χ4n) is 3.58. The van der Waals surface area contributed by atoms with Crippen molar-refractivity contribution in [1.82, 2.24) is 9.80 Å². The number of amides is 2. The van der Waals surface area contributed by atoms with Crippen LogP contribution in [0.5, 0.6) is 0 Å². The summed E-state index contributed by atoms with van der Waals surface area (Å²) in [5, 5.41) is 19.9. The van der Waals surface area contributed by atoms with Gasteiger partial charge in [-0.05, 0) is 0 Å². The van der Waals surface area contributed by atoms with Crippen LogP contribution in [0.25, 0.3) is 0 Å². The minimum absolute atomic E-state index is 0.0759. The second kappa shape index (κ2) is 10.6. The molecule has 28 heavy (non-hydrogen) atoms. The summed E-state index contributed by atoms with van der Waals surface area (Å²) in [6.07, 6.45) is 2.52. The molecular weight excluding hydrogens is 498 g/mol. The van der Waals surface area contributed by atoms with Gasteiger partial charge in [0.25, 0.3) is 0 Å². The third kappa shape index (κ3) is 5.72. The molecule has 4 atom stereocenters. The van der Waals surface area contributed by atoms with Crippen molar-refractivity contribution in [3.8, 4) is 0 Å². The Hall–Kier alpha value is -1.08. The normalized spacial score (nSPS) is 24.2. The van der Waals surface area contributed by atoms with Gasteiger partial charge in [0.15, 0.2) is 0 Å². The van der Waals surface area contributed by atoms with Crippen LogP contribution in [0, 0.1) is 11.8 Å². The van der Waals surface area contributed by atoms with Crippen molar-refractivity contribution in [2.24, 2.45) is 11.8 Å². The number of carboxylic acids is 2. The van der Waals surface area contributed by atoms with Gasteiger partial charge >= 0.3 is 176 Å². The maximum atomic E-state index is 12.5. The number of carbonyl (C=O) groups is 4. The van der Waals surface area contributed by atoms with E-state index in [9.17, 15) is 29.4 Å². The molecule has 0 bridgehead atoms.